The molecule has 0 radical (unpaired) electrons. The number of aryl methyl sites for hydroxylation is 2. The van der Waals surface area contributed by atoms with Gasteiger partial charge in [0, 0.05) is 38.9 Å². The lowest BCUT2D eigenvalue weighted by Gasteiger charge is -2.20. The summed E-state index contributed by atoms with van der Waals surface area (Å²) in [5.41, 5.74) is 5.41. The predicted molar refractivity (Wildman–Crippen MR) is 92.5 cm³/mol. The van der Waals surface area contributed by atoms with Crippen molar-refractivity contribution in [3.8, 4) is 0 Å². The molecule has 0 fully saturated rings. The second-order valence-electron chi connectivity index (χ2n) is 6.04. The first kappa shape index (κ1) is 16.1. The summed E-state index contributed by atoms with van der Waals surface area (Å²) in [6.45, 7) is 4.79. The van der Waals surface area contributed by atoms with Crippen molar-refractivity contribution in [2.75, 3.05) is 26.0 Å². The highest BCUT2D eigenvalue weighted by Crippen LogP contribution is 2.17. The Morgan fingerprint density at radius 1 is 1.00 bits per heavy atom. The number of carbonyl (C=O) groups is 1. The smallest absolute Gasteiger partial charge is 0.253 e. The molecule has 22 heavy (non-hydrogen) atoms. The Kier molecular flexibility index (Phi) is 4.86. The molecule has 0 aromatic heterocycles. The van der Waals surface area contributed by atoms with E-state index in [1.54, 1.807) is 4.90 Å². The number of carbonyl (C=O) groups excluding carboxylic acids is 1. The van der Waals surface area contributed by atoms with E-state index in [0.717, 1.165) is 11.3 Å². The molecule has 0 spiro atoms. The minimum atomic E-state index is 0.0451. The fourth-order valence-electron chi connectivity index (χ4n) is 2.49. The van der Waals surface area contributed by atoms with Crippen molar-refractivity contribution in [3.05, 3.63) is 64.7 Å². The lowest BCUT2D eigenvalue weighted by Crippen LogP contribution is -2.26. The van der Waals surface area contributed by atoms with Crippen molar-refractivity contribution in [2.45, 2.75) is 20.4 Å². The minimum Gasteiger partial charge on any atom is -0.378 e. The standard InChI is InChI=1S/C19H24N2O/c1-14-9-10-17(15(2)11-14)13-21(5)19(22)16-7-6-8-18(12-16)20(3)4/h6-12H,13H2,1-5H3. The molecule has 0 bridgehead atoms. The Bertz CT molecular complexity index is 677. The third-order valence-electron chi connectivity index (χ3n) is 3.86. The third kappa shape index (κ3) is 3.67. The Labute approximate surface area is 133 Å². The van der Waals surface area contributed by atoms with E-state index in [2.05, 4.69) is 32.0 Å². The fraction of sp³-hybridized carbons (Fsp3) is 0.316. The summed E-state index contributed by atoms with van der Waals surface area (Å²) < 4.78 is 0. The highest BCUT2D eigenvalue weighted by atomic mass is 16.2. The summed E-state index contributed by atoms with van der Waals surface area (Å²) >= 11 is 0. The zero-order valence-electron chi connectivity index (χ0n) is 14.1. The van der Waals surface area contributed by atoms with E-state index in [-0.39, 0.29) is 5.91 Å². The SMILES string of the molecule is Cc1ccc(CN(C)C(=O)c2cccc(N(C)C)c2)c(C)c1. The highest BCUT2D eigenvalue weighted by Gasteiger charge is 2.13. The molecule has 116 valence electrons. The summed E-state index contributed by atoms with van der Waals surface area (Å²) in [5, 5.41) is 0. The van der Waals surface area contributed by atoms with E-state index in [0.29, 0.717) is 6.54 Å². The largest absolute Gasteiger partial charge is 0.378 e. The van der Waals surface area contributed by atoms with Crippen LogP contribution in [0, 0.1) is 13.8 Å². The van der Waals surface area contributed by atoms with E-state index >= 15 is 0 Å². The van der Waals surface area contributed by atoms with Crippen molar-refractivity contribution in [1.82, 2.24) is 4.90 Å². The number of hydrogen-bond donors (Lipinski definition) is 0. The van der Waals surface area contributed by atoms with Gasteiger partial charge in [-0.2, -0.15) is 0 Å². The van der Waals surface area contributed by atoms with Crippen LogP contribution in [0.4, 0.5) is 5.69 Å². The zero-order chi connectivity index (χ0) is 16.3. The number of benzene rings is 2. The molecule has 0 aliphatic carbocycles. The average Bonchev–Trinajstić information content (AvgIpc) is 2.49. The normalized spacial score (nSPS) is 10.4. The molecule has 2 aromatic rings. The number of hydrogen-bond acceptors (Lipinski definition) is 2. The zero-order valence-corrected chi connectivity index (χ0v) is 14.1. The van der Waals surface area contributed by atoms with Gasteiger partial charge < -0.3 is 9.80 Å². The molecular formula is C19H24N2O. The molecule has 0 N–H and O–H groups in total. The Hall–Kier alpha value is -2.29. The molecule has 2 rings (SSSR count). The van der Waals surface area contributed by atoms with Gasteiger partial charge in [0.25, 0.3) is 5.91 Å². The van der Waals surface area contributed by atoms with Gasteiger partial charge >= 0.3 is 0 Å². The molecule has 0 aliphatic heterocycles. The molecular weight excluding hydrogens is 272 g/mol. The summed E-state index contributed by atoms with van der Waals surface area (Å²) in [5.74, 6) is 0.0451. The molecule has 0 atom stereocenters. The van der Waals surface area contributed by atoms with Gasteiger partial charge in [-0.15, -0.1) is 0 Å². The highest BCUT2D eigenvalue weighted by molar-refractivity contribution is 5.95. The van der Waals surface area contributed by atoms with Gasteiger partial charge in [0.15, 0.2) is 0 Å². The summed E-state index contributed by atoms with van der Waals surface area (Å²) in [6, 6.07) is 14.1. The summed E-state index contributed by atoms with van der Waals surface area (Å²) in [4.78, 5) is 16.4. The first-order valence-corrected chi connectivity index (χ1v) is 7.47. The van der Waals surface area contributed by atoms with E-state index in [4.69, 9.17) is 0 Å². The van der Waals surface area contributed by atoms with Crippen molar-refractivity contribution >= 4 is 11.6 Å². The van der Waals surface area contributed by atoms with Gasteiger partial charge in [0.1, 0.15) is 0 Å². The van der Waals surface area contributed by atoms with Crippen molar-refractivity contribution in [1.29, 1.82) is 0 Å². The number of rotatable bonds is 4. The lowest BCUT2D eigenvalue weighted by molar-refractivity contribution is 0.0785. The van der Waals surface area contributed by atoms with Gasteiger partial charge in [-0.1, -0.05) is 29.8 Å². The van der Waals surface area contributed by atoms with E-state index in [1.165, 1.54) is 16.7 Å². The first-order valence-electron chi connectivity index (χ1n) is 7.47. The maximum Gasteiger partial charge on any atom is 0.253 e. The van der Waals surface area contributed by atoms with Crippen LogP contribution < -0.4 is 4.90 Å². The first-order chi connectivity index (χ1) is 10.4. The van der Waals surface area contributed by atoms with Gasteiger partial charge in [-0.25, -0.2) is 0 Å². The lowest BCUT2D eigenvalue weighted by atomic mass is 10.1. The predicted octanol–water partition coefficient (Wildman–Crippen LogP) is 3.64. The van der Waals surface area contributed by atoms with Crippen LogP contribution in [0.1, 0.15) is 27.0 Å². The number of nitrogens with zero attached hydrogens (tertiary/aromatic N) is 2. The van der Waals surface area contributed by atoms with Crippen molar-refractivity contribution in [2.24, 2.45) is 0 Å². The van der Waals surface area contributed by atoms with Crippen molar-refractivity contribution in [3.63, 3.8) is 0 Å². The molecule has 0 saturated heterocycles. The maximum atomic E-state index is 12.6. The molecule has 3 heteroatoms. The molecule has 3 nitrogen and oxygen atoms in total. The molecule has 0 unspecified atom stereocenters. The third-order valence-corrected chi connectivity index (χ3v) is 3.86. The van der Waals surface area contributed by atoms with Crippen LogP contribution in [0.5, 0.6) is 0 Å². The van der Waals surface area contributed by atoms with E-state index in [1.807, 2.05) is 50.3 Å². The Balaban J connectivity index is 2.17. The second-order valence-corrected chi connectivity index (χ2v) is 6.04. The van der Waals surface area contributed by atoms with E-state index in [9.17, 15) is 4.79 Å². The minimum absolute atomic E-state index is 0.0451. The Morgan fingerprint density at radius 3 is 2.36 bits per heavy atom. The Morgan fingerprint density at radius 2 is 1.73 bits per heavy atom. The summed E-state index contributed by atoms with van der Waals surface area (Å²) in [6.07, 6.45) is 0. The molecule has 0 heterocycles. The van der Waals surface area contributed by atoms with Crippen LogP contribution in [-0.2, 0) is 6.54 Å². The quantitative estimate of drug-likeness (QED) is 0.860. The number of amides is 1. The monoisotopic (exact) mass is 296 g/mol. The topological polar surface area (TPSA) is 23.6 Å². The fourth-order valence-corrected chi connectivity index (χ4v) is 2.49. The van der Waals surface area contributed by atoms with Crippen LogP contribution in [0.25, 0.3) is 0 Å². The second kappa shape index (κ2) is 6.65. The molecule has 0 aliphatic rings. The van der Waals surface area contributed by atoms with Gasteiger partial charge in [-0.3, -0.25) is 4.79 Å². The van der Waals surface area contributed by atoms with Gasteiger partial charge in [-0.05, 0) is 43.2 Å². The van der Waals surface area contributed by atoms with Gasteiger partial charge in [0.05, 0.1) is 0 Å². The van der Waals surface area contributed by atoms with E-state index < -0.39 is 0 Å². The van der Waals surface area contributed by atoms with Crippen LogP contribution in [0.3, 0.4) is 0 Å². The van der Waals surface area contributed by atoms with Crippen LogP contribution in [-0.4, -0.2) is 32.0 Å². The van der Waals surface area contributed by atoms with Crippen LogP contribution in [0.2, 0.25) is 0 Å². The number of anilines is 1. The van der Waals surface area contributed by atoms with Crippen LogP contribution in [0.15, 0.2) is 42.5 Å². The van der Waals surface area contributed by atoms with Gasteiger partial charge in [0.2, 0.25) is 0 Å². The van der Waals surface area contributed by atoms with Crippen molar-refractivity contribution < 1.29 is 4.79 Å². The van der Waals surface area contributed by atoms with Crippen LogP contribution >= 0.6 is 0 Å². The maximum absolute atomic E-state index is 12.6. The molecule has 2 aromatic carbocycles. The summed E-state index contributed by atoms with van der Waals surface area (Å²) in [7, 11) is 5.80. The molecule has 1 amide bonds. The average molecular weight is 296 g/mol. The molecule has 0 saturated carbocycles.